The van der Waals surface area contributed by atoms with Gasteiger partial charge in [-0.25, -0.2) is 14.4 Å². The number of rotatable bonds is 18. The van der Waals surface area contributed by atoms with Crippen LogP contribution in [0.4, 0.5) is 21.6 Å². The Kier molecular flexibility index (Phi) is 13.6. The summed E-state index contributed by atoms with van der Waals surface area (Å²) < 4.78 is 37.9. The summed E-state index contributed by atoms with van der Waals surface area (Å²) in [4.78, 5) is 74.5. The highest BCUT2D eigenvalue weighted by molar-refractivity contribution is 6.31. The lowest BCUT2D eigenvalue weighted by Gasteiger charge is -2.32. The topological polar surface area (TPSA) is 203 Å². The molecule has 0 spiro atoms. The van der Waals surface area contributed by atoms with Gasteiger partial charge in [-0.15, -0.1) is 0 Å². The van der Waals surface area contributed by atoms with Crippen LogP contribution >= 0.6 is 11.6 Å². The number of aromatic nitrogens is 2. The molecule has 0 saturated carbocycles. The third kappa shape index (κ3) is 9.73. The van der Waals surface area contributed by atoms with Crippen LogP contribution in [0.5, 0.6) is 11.5 Å². The van der Waals surface area contributed by atoms with E-state index >= 15 is 0 Å². The lowest BCUT2D eigenvalue weighted by atomic mass is 10.0. The van der Waals surface area contributed by atoms with Crippen LogP contribution in [0.3, 0.4) is 0 Å². The molecule has 2 saturated heterocycles. The molecule has 1 atom stereocenters. The molecule has 2 fully saturated rings. The van der Waals surface area contributed by atoms with E-state index in [-0.39, 0.29) is 53.2 Å². The summed E-state index contributed by atoms with van der Waals surface area (Å²) in [6.07, 6.45) is 2.76. The van der Waals surface area contributed by atoms with E-state index in [1.54, 1.807) is 43.5 Å². The van der Waals surface area contributed by atoms with Crippen molar-refractivity contribution in [3.63, 3.8) is 0 Å². The number of hydrogen-bond acceptors (Lipinski definition) is 14. The molecule has 4 aromatic rings. The number of ether oxygens (including phenoxy) is 4. The van der Waals surface area contributed by atoms with Gasteiger partial charge in [0.1, 0.15) is 24.3 Å². The van der Waals surface area contributed by atoms with Crippen LogP contribution in [0.15, 0.2) is 54.9 Å². The molecule has 4 N–H and O–H groups in total. The van der Waals surface area contributed by atoms with Crippen molar-refractivity contribution >= 4 is 69.2 Å². The Morgan fingerprint density at radius 1 is 0.917 bits per heavy atom. The molecule has 4 heterocycles. The van der Waals surface area contributed by atoms with Gasteiger partial charge < -0.3 is 34.9 Å². The quantitative estimate of drug-likeness (QED) is 0.0835. The Hall–Kier alpha value is -5.95. The molecule has 7 rings (SSSR count). The SMILES string of the molecule is COc1cc2ncnc(Nc3cccc(Cl)c3F)c2cc1OC1CCN(CC(=O)NCCOCCOCCNc2cccc3c2C(=O)N(C2CCC(=O)NC2=O)C3=O)CC1. The summed E-state index contributed by atoms with van der Waals surface area (Å²) in [6, 6.07) is 12.0. The molecular weight excluding hydrogens is 803 g/mol. The van der Waals surface area contributed by atoms with Crippen molar-refractivity contribution in [1.82, 2.24) is 30.4 Å². The molecule has 19 heteroatoms. The normalized spacial score (nSPS) is 17.1. The maximum absolute atomic E-state index is 14.6. The van der Waals surface area contributed by atoms with E-state index in [0.29, 0.717) is 99.4 Å². The predicted octanol–water partition coefficient (Wildman–Crippen LogP) is 3.68. The fourth-order valence-electron chi connectivity index (χ4n) is 7.27. The number of nitrogens with one attached hydrogen (secondary N) is 4. The zero-order chi connectivity index (χ0) is 42.2. The summed E-state index contributed by atoms with van der Waals surface area (Å²) in [6.45, 7) is 3.46. The van der Waals surface area contributed by atoms with E-state index in [2.05, 4.69) is 36.1 Å². The number of likely N-dealkylation sites (tertiary alicyclic amines) is 1. The Bertz CT molecular complexity index is 2270. The van der Waals surface area contributed by atoms with Gasteiger partial charge in [0, 0.05) is 49.7 Å². The third-order valence-corrected chi connectivity index (χ3v) is 10.6. The van der Waals surface area contributed by atoms with Gasteiger partial charge in [-0.05, 0) is 49.6 Å². The summed E-state index contributed by atoms with van der Waals surface area (Å²) in [5.74, 6) is -1.56. The van der Waals surface area contributed by atoms with Crippen molar-refractivity contribution in [2.45, 2.75) is 37.8 Å². The van der Waals surface area contributed by atoms with E-state index in [0.717, 1.165) is 4.90 Å². The van der Waals surface area contributed by atoms with Crippen molar-refractivity contribution in [1.29, 1.82) is 0 Å². The molecular formula is C41H44ClFN8O9. The second-order valence-corrected chi connectivity index (χ2v) is 14.6. The number of imide groups is 2. The zero-order valence-corrected chi connectivity index (χ0v) is 33.5. The molecule has 0 bridgehead atoms. The molecule has 0 aliphatic carbocycles. The number of hydrogen-bond donors (Lipinski definition) is 4. The van der Waals surface area contributed by atoms with Crippen LogP contribution in [0.25, 0.3) is 10.9 Å². The second-order valence-electron chi connectivity index (χ2n) is 14.2. The molecule has 5 amide bonds. The van der Waals surface area contributed by atoms with Gasteiger partial charge in [0.15, 0.2) is 17.3 Å². The molecule has 17 nitrogen and oxygen atoms in total. The largest absolute Gasteiger partial charge is 0.493 e. The van der Waals surface area contributed by atoms with Crippen molar-refractivity contribution in [2.24, 2.45) is 0 Å². The van der Waals surface area contributed by atoms with Gasteiger partial charge in [0.2, 0.25) is 17.7 Å². The number of amides is 5. The van der Waals surface area contributed by atoms with E-state index in [9.17, 15) is 28.4 Å². The summed E-state index contributed by atoms with van der Waals surface area (Å²) in [7, 11) is 1.55. The minimum Gasteiger partial charge on any atom is -0.493 e. The molecule has 3 aliphatic heterocycles. The van der Waals surface area contributed by atoms with Gasteiger partial charge in [-0.2, -0.15) is 0 Å². The average molecular weight is 847 g/mol. The van der Waals surface area contributed by atoms with Crippen LogP contribution in [0.1, 0.15) is 46.4 Å². The predicted molar refractivity (Wildman–Crippen MR) is 217 cm³/mol. The first kappa shape index (κ1) is 42.2. The fraction of sp³-hybridized carbons (Fsp3) is 0.390. The Morgan fingerprint density at radius 3 is 2.43 bits per heavy atom. The summed E-state index contributed by atoms with van der Waals surface area (Å²) >= 11 is 5.97. The van der Waals surface area contributed by atoms with Gasteiger partial charge in [0.05, 0.1) is 67.4 Å². The number of methoxy groups -OCH3 is 1. The minimum atomic E-state index is -1.03. The number of piperidine rings is 2. The van der Waals surface area contributed by atoms with Gasteiger partial charge >= 0.3 is 0 Å². The second kappa shape index (κ2) is 19.4. The highest BCUT2D eigenvalue weighted by Gasteiger charge is 2.45. The number of benzene rings is 3. The summed E-state index contributed by atoms with van der Waals surface area (Å²) in [5, 5.41) is 11.8. The first-order chi connectivity index (χ1) is 29.1. The maximum Gasteiger partial charge on any atom is 0.264 e. The van der Waals surface area contributed by atoms with E-state index in [1.165, 1.54) is 18.5 Å². The van der Waals surface area contributed by atoms with E-state index < -0.39 is 35.5 Å². The zero-order valence-electron chi connectivity index (χ0n) is 32.8. The van der Waals surface area contributed by atoms with Crippen molar-refractivity contribution < 1.29 is 47.3 Å². The number of fused-ring (bicyclic) bond motifs is 2. The molecule has 1 unspecified atom stereocenters. The van der Waals surface area contributed by atoms with Crippen LogP contribution in [0, 0.1) is 5.82 Å². The van der Waals surface area contributed by atoms with E-state index in [1.807, 2.05) is 0 Å². The molecule has 0 radical (unpaired) electrons. The fourth-order valence-corrected chi connectivity index (χ4v) is 7.45. The molecule has 60 heavy (non-hydrogen) atoms. The maximum atomic E-state index is 14.6. The van der Waals surface area contributed by atoms with Crippen molar-refractivity contribution in [2.75, 3.05) is 76.9 Å². The number of anilines is 3. The Balaban J connectivity index is 0.771. The highest BCUT2D eigenvalue weighted by Crippen LogP contribution is 2.37. The van der Waals surface area contributed by atoms with Gasteiger partial charge in [0.25, 0.3) is 11.8 Å². The number of nitrogens with zero attached hydrogens (tertiary/aromatic N) is 4. The van der Waals surface area contributed by atoms with Gasteiger partial charge in [-0.1, -0.05) is 23.7 Å². The first-order valence-electron chi connectivity index (χ1n) is 19.5. The van der Waals surface area contributed by atoms with Crippen LogP contribution < -0.4 is 30.7 Å². The number of carbonyl (C=O) groups excluding carboxylic acids is 5. The monoisotopic (exact) mass is 846 g/mol. The van der Waals surface area contributed by atoms with E-state index in [4.69, 9.17) is 30.5 Å². The average Bonchev–Trinajstić information content (AvgIpc) is 3.49. The van der Waals surface area contributed by atoms with Crippen molar-refractivity contribution in [3.05, 3.63) is 76.8 Å². The van der Waals surface area contributed by atoms with Crippen LogP contribution in [-0.4, -0.2) is 128 Å². The number of halogens is 2. The number of carbonyl (C=O) groups is 5. The molecule has 1 aromatic heterocycles. The lowest BCUT2D eigenvalue weighted by molar-refractivity contribution is -0.136. The molecule has 3 aromatic carbocycles. The standard InChI is InChI=1S/C41H44ClFN8O9/c1-57-32-21-30-26(38(47-23-46-30)48-29-7-3-5-27(42)37(29)43)20-33(32)60-24-10-14-50(15-11-24)22-35(53)45-13-17-59-19-18-58-16-12-44-28-6-2-4-25-36(28)41(56)51(40(25)55)31-8-9-34(52)49-39(31)54/h2-7,20-21,23-24,31,44H,8-19,22H2,1H3,(H,45,53)(H,46,47,48)(H,49,52,54). The smallest absolute Gasteiger partial charge is 0.264 e. The Labute approximate surface area is 349 Å². The third-order valence-electron chi connectivity index (χ3n) is 10.3. The first-order valence-corrected chi connectivity index (χ1v) is 19.9. The lowest BCUT2D eigenvalue weighted by Crippen LogP contribution is -2.54. The van der Waals surface area contributed by atoms with Gasteiger partial charge in [-0.3, -0.25) is 39.1 Å². The van der Waals surface area contributed by atoms with Crippen molar-refractivity contribution in [3.8, 4) is 11.5 Å². The molecule has 316 valence electrons. The highest BCUT2D eigenvalue weighted by atomic mass is 35.5. The van der Waals surface area contributed by atoms with Crippen LogP contribution in [0.2, 0.25) is 5.02 Å². The van der Waals surface area contributed by atoms with Crippen LogP contribution in [-0.2, 0) is 23.9 Å². The minimum absolute atomic E-state index is 0.0102. The molecule has 3 aliphatic rings. The Morgan fingerprint density at radius 2 is 1.67 bits per heavy atom. The summed E-state index contributed by atoms with van der Waals surface area (Å²) in [5.41, 5.74) is 1.59.